The molecule has 0 aliphatic heterocycles. The maximum absolute atomic E-state index is 12.2. The van der Waals surface area contributed by atoms with Crippen LogP contribution in [0.1, 0.15) is 9.67 Å². The van der Waals surface area contributed by atoms with Gasteiger partial charge in [0.25, 0.3) is 5.91 Å². The summed E-state index contributed by atoms with van der Waals surface area (Å²) in [5.41, 5.74) is 1.41. The molecule has 0 aliphatic carbocycles. The highest BCUT2D eigenvalue weighted by Gasteiger charge is 2.12. The van der Waals surface area contributed by atoms with Crippen LogP contribution in [-0.4, -0.2) is 11.0 Å². The average molecular weight is 330 g/mol. The summed E-state index contributed by atoms with van der Waals surface area (Å²) in [5, 5.41) is 13.3. The Labute approximate surface area is 136 Å². The van der Waals surface area contributed by atoms with Gasteiger partial charge in [-0.2, -0.15) is 0 Å². The third-order valence-corrected chi connectivity index (χ3v) is 4.47. The van der Waals surface area contributed by atoms with Crippen molar-refractivity contribution in [3.63, 3.8) is 0 Å². The second-order valence-electron chi connectivity index (χ2n) is 4.64. The summed E-state index contributed by atoms with van der Waals surface area (Å²) in [6.07, 6.45) is 0. The largest absolute Gasteiger partial charge is 0.507 e. The van der Waals surface area contributed by atoms with E-state index < -0.39 is 0 Å². The van der Waals surface area contributed by atoms with Gasteiger partial charge in [0.2, 0.25) is 0 Å². The number of carbonyl (C=O) groups is 1. The van der Waals surface area contributed by atoms with Crippen LogP contribution in [0.5, 0.6) is 5.75 Å². The molecule has 0 radical (unpaired) electrons. The average Bonchev–Trinajstić information content (AvgIpc) is 3.00. The molecule has 1 amide bonds. The van der Waals surface area contributed by atoms with Gasteiger partial charge in [-0.05, 0) is 48.5 Å². The minimum absolute atomic E-state index is 0.186. The number of rotatable bonds is 3. The van der Waals surface area contributed by atoms with Gasteiger partial charge in [0.15, 0.2) is 0 Å². The molecule has 0 aliphatic rings. The number of nitrogens with one attached hydrogen (secondary N) is 1. The molecule has 0 saturated carbocycles. The monoisotopic (exact) mass is 329 g/mol. The maximum atomic E-state index is 12.2. The second kappa shape index (κ2) is 6.22. The number of hydrogen-bond donors (Lipinski definition) is 2. The minimum atomic E-state index is -0.186. The Bertz CT molecular complexity index is 812. The first-order valence-corrected chi connectivity index (χ1v) is 7.78. The van der Waals surface area contributed by atoms with Gasteiger partial charge in [-0.1, -0.05) is 23.7 Å². The Morgan fingerprint density at radius 2 is 1.73 bits per heavy atom. The van der Waals surface area contributed by atoms with Gasteiger partial charge in [0.05, 0.1) is 4.88 Å². The number of halogens is 1. The topological polar surface area (TPSA) is 49.3 Å². The van der Waals surface area contributed by atoms with Crippen LogP contribution in [0, 0.1) is 0 Å². The van der Waals surface area contributed by atoms with Crippen LogP contribution in [0.15, 0.2) is 60.7 Å². The van der Waals surface area contributed by atoms with Crippen LogP contribution in [0.3, 0.4) is 0 Å². The quantitative estimate of drug-likeness (QED) is 0.708. The summed E-state index contributed by atoms with van der Waals surface area (Å²) in [4.78, 5) is 13.7. The Morgan fingerprint density at radius 1 is 1.00 bits per heavy atom. The number of aromatic hydroxyl groups is 1. The van der Waals surface area contributed by atoms with E-state index in [2.05, 4.69) is 5.32 Å². The van der Waals surface area contributed by atoms with Gasteiger partial charge in [-0.15, -0.1) is 11.3 Å². The molecule has 0 atom stereocenters. The molecule has 0 fully saturated rings. The SMILES string of the molecule is O=C(Nc1ccc(Cl)cc1)c1ccc(-c2ccccc2O)s1. The summed E-state index contributed by atoms with van der Waals surface area (Å²) in [6, 6.07) is 17.6. The standard InChI is InChI=1S/C17H12ClNO2S/c18-11-5-7-12(8-6-11)19-17(21)16-10-9-15(22-16)13-3-1-2-4-14(13)20/h1-10,20H,(H,19,21). The van der Waals surface area contributed by atoms with Crippen LogP contribution >= 0.6 is 22.9 Å². The van der Waals surface area contributed by atoms with Crippen molar-refractivity contribution in [2.45, 2.75) is 0 Å². The van der Waals surface area contributed by atoms with Crippen molar-refractivity contribution in [2.24, 2.45) is 0 Å². The molecule has 3 nitrogen and oxygen atoms in total. The molecule has 2 N–H and O–H groups in total. The number of para-hydroxylation sites is 1. The van der Waals surface area contributed by atoms with Crippen molar-refractivity contribution < 1.29 is 9.90 Å². The van der Waals surface area contributed by atoms with E-state index in [0.29, 0.717) is 15.6 Å². The number of carbonyl (C=O) groups excluding carboxylic acids is 1. The predicted octanol–water partition coefficient (Wildman–Crippen LogP) is 5.03. The zero-order valence-electron chi connectivity index (χ0n) is 11.4. The highest BCUT2D eigenvalue weighted by Crippen LogP contribution is 2.34. The Morgan fingerprint density at radius 3 is 2.45 bits per heavy atom. The van der Waals surface area contributed by atoms with E-state index in [1.54, 1.807) is 42.5 Å². The molecule has 0 saturated heterocycles. The molecule has 22 heavy (non-hydrogen) atoms. The lowest BCUT2D eigenvalue weighted by Gasteiger charge is -2.03. The lowest BCUT2D eigenvalue weighted by atomic mass is 10.2. The van der Waals surface area contributed by atoms with Gasteiger partial charge in [-0.3, -0.25) is 4.79 Å². The van der Waals surface area contributed by atoms with Gasteiger partial charge >= 0.3 is 0 Å². The maximum Gasteiger partial charge on any atom is 0.265 e. The molecule has 3 rings (SSSR count). The first-order valence-electron chi connectivity index (χ1n) is 6.58. The Balaban J connectivity index is 1.80. The molecule has 110 valence electrons. The Hall–Kier alpha value is -2.30. The number of phenols is 1. The lowest BCUT2D eigenvalue weighted by Crippen LogP contribution is -2.09. The van der Waals surface area contributed by atoms with Gasteiger partial charge in [0.1, 0.15) is 5.75 Å². The molecule has 3 aromatic rings. The smallest absolute Gasteiger partial charge is 0.265 e. The van der Waals surface area contributed by atoms with E-state index in [1.165, 1.54) is 11.3 Å². The number of thiophene rings is 1. The summed E-state index contributed by atoms with van der Waals surface area (Å²) in [6.45, 7) is 0. The molecule has 0 spiro atoms. The van der Waals surface area contributed by atoms with Crippen molar-refractivity contribution in [1.82, 2.24) is 0 Å². The Kier molecular flexibility index (Phi) is 4.13. The highest BCUT2D eigenvalue weighted by atomic mass is 35.5. The van der Waals surface area contributed by atoms with Crippen LogP contribution in [0.2, 0.25) is 5.02 Å². The fourth-order valence-corrected chi connectivity index (χ4v) is 3.07. The molecule has 2 aromatic carbocycles. The number of anilines is 1. The number of amides is 1. The minimum Gasteiger partial charge on any atom is -0.507 e. The van der Waals surface area contributed by atoms with Crippen molar-refractivity contribution >= 4 is 34.5 Å². The summed E-state index contributed by atoms with van der Waals surface area (Å²) in [5.74, 6) is 0.0167. The first-order chi connectivity index (χ1) is 10.6. The predicted molar refractivity (Wildman–Crippen MR) is 90.8 cm³/mol. The third kappa shape index (κ3) is 3.13. The van der Waals surface area contributed by atoms with Crippen LogP contribution in [0.25, 0.3) is 10.4 Å². The van der Waals surface area contributed by atoms with Gasteiger partial charge in [0, 0.05) is 21.2 Å². The second-order valence-corrected chi connectivity index (χ2v) is 6.16. The molecule has 0 bridgehead atoms. The van der Waals surface area contributed by atoms with E-state index in [1.807, 2.05) is 18.2 Å². The van der Waals surface area contributed by atoms with E-state index in [4.69, 9.17) is 11.6 Å². The van der Waals surface area contributed by atoms with Crippen LogP contribution < -0.4 is 5.32 Å². The van der Waals surface area contributed by atoms with E-state index in [9.17, 15) is 9.90 Å². The van der Waals surface area contributed by atoms with Crippen molar-refractivity contribution in [2.75, 3.05) is 5.32 Å². The molecule has 1 heterocycles. The fraction of sp³-hybridized carbons (Fsp3) is 0. The zero-order chi connectivity index (χ0) is 15.5. The van der Waals surface area contributed by atoms with Gasteiger partial charge < -0.3 is 10.4 Å². The molecular weight excluding hydrogens is 318 g/mol. The number of hydrogen-bond acceptors (Lipinski definition) is 3. The molecule has 1 aromatic heterocycles. The van der Waals surface area contributed by atoms with Crippen molar-refractivity contribution in [3.8, 4) is 16.2 Å². The normalized spacial score (nSPS) is 10.4. The molecule has 5 heteroatoms. The highest BCUT2D eigenvalue weighted by molar-refractivity contribution is 7.17. The lowest BCUT2D eigenvalue weighted by molar-refractivity contribution is 0.103. The van der Waals surface area contributed by atoms with Crippen molar-refractivity contribution in [3.05, 3.63) is 70.6 Å². The summed E-state index contributed by atoms with van der Waals surface area (Å²) < 4.78 is 0. The summed E-state index contributed by atoms with van der Waals surface area (Å²) in [7, 11) is 0. The van der Waals surface area contributed by atoms with E-state index in [0.717, 1.165) is 10.4 Å². The first kappa shape index (κ1) is 14.6. The molecule has 0 unspecified atom stereocenters. The van der Waals surface area contributed by atoms with Gasteiger partial charge in [-0.25, -0.2) is 0 Å². The third-order valence-electron chi connectivity index (χ3n) is 3.10. The zero-order valence-corrected chi connectivity index (χ0v) is 13.0. The van der Waals surface area contributed by atoms with E-state index in [-0.39, 0.29) is 11.7 Å². The van der Waals surface area contributed by atoms with Crippen LogP contribution in [-0.2, 0) is 0 Å². The number of benzene rings is 2. The molecular formula is C17H12ClNO2S. The van der Waals surface area contributed by atoms with E-state index >= 15 is 0 Å². The summed E-state index contributed by atoms with van der Waals surface area (Å²) >= 11 is 7.15. The van der Waals surface area contributed by atoms with Crippen LogP contribution in [0.4, 0.5) is 5.69 Å². The fourth-order valence-electron chi connectivity index (χ4n) is 2.01. The van der Waals surface area contributed by atoms with Crippen molar-refractivity contribution in [1.29, 1.82) is 0 Å². The number of phenolic OH excluding ortho intramolecular Hbond substituents is 1.